The first-order valence-electron chi connectivity index (χ1n) is 5.90. The molecule has 5 heteroatoms. The molecule has 2 heterocycles. The number of esters is 1. The molecule has 1 saturated heterocycles. The summed E-state index contributed by atoms with van der Waals surface area (Å²) >= 11 is 1.52. The molecule has 1 aromatic rings. The number of rotatable bonds is 3. The summed E-state index contributed by atoms with van der Waals surface area (Å²) in [5.41, 5.74) is 0.417. The smallest absolute Gasteiger partial charge is 0.357 e. The Kier molecular flexibility index (Phi) is 3.66. The summed E-state index contributed by atoms with van der Waals surface area (Å²) in [6.45, 7) is 6.61. The van der Waals surface area contributed by atoms with Crippen molar-refractivity contribution >= 4 is 22.4 Å². The standard InChI is InChI=1S/C12H18N2O2S/c1-8(2)9-4-5-14(6-9)12-13-10(7-17-12)11(15)16-3/h7-9H,4-6H2,1-3H3. The van der Waals surface area contributed by atoms with E-state index in [9.17, 15) is 4.79 Å². The number of ether oxygens (including phenoxy) is 1. The van der Waals surface area contributed by atoms with Crippen molar-refractivity contribution in [2.24, 2.45) is 11.8 Å². The number of hydrogen-bond donors (Lipinski definition) is 0. The molecular weight excluding hydrogens is 236 g/mol. The lowest BCUT2D eigenvalue weighted by molar-refractivity contribution is 0.0595. The molecule has 0 N–H and O–H groups in total. The van der Waals surface area contributed by atoms with Gasteiger partial charge in [-0.1, -0.05) is 13.8 Å². The van der Waals surface area contributed by atoms with Gasteiger partial charge in [-0.05, 0) is 18.3 Å². The molecule has 0 aliphatic carbocycles. The van der Waals surface area contributed by atoms with Gasteiger partial charge in [-0.15, -0.1) is 11.3 Å². The molecule has 1 fully saturated rings. The van der Waals surface area contributed by atoms with Crippen molar-refractivity contribution in [3.63, 3.8) is 0 Å². The molecule has 1 atom stereocenters. The van der Waals surface area contributed by atoms with E-state index < -0.39 is 0 Å². The second kappa shape index (κ2) is 5.04. The predicted octanol–water partition coefficient (Wildman–Crippen LogP) is 2.41. The molecule has 0 aromatic carbocycles. The van der Waals surface area contributed by atoms with Crippen LogP contribution in [0.5, 0.6) is 0 Å². The molecule has 2 rings (SSSR count). The van der Waals surface area contributed by atoms with E-state index in [0.717, 1.165) is 24.1 Å². The first kappa shape index (κ1) is 12.4. The number of thiazole rings is 1. The van der Waals surface area contributed by atoms with Crippen LogP contribution < -0.4 is 4.90 Å². The second-order valence-electron chi connectivity index (χ2n) is 4.75. The Morgan fingerprint density at radius 2 is 2.41 bits per heavy atom. The largest absolute Gasteiger partial charge is 0.464 e. The van der Waals surface area contributed by atoms with Gasteiger partial charge in [-0.2, -0.15) is 0 Å². The van der Waals surface area contributed by atoms with Gasteiger partial charge in [0.2, 0.25) is 0 Å². The van der Waals surface area contributed by atoms with E-state index in [1.165, 1.54) is 24.9 Å². The number of methoxy groups -OCH3 is 1. The van der Waals surface area contributed by atoms with Crippen molar-refractivity contribution in [2.75, 3.05) is 25.1 Å². The number of carbonyl (C=O) groups excluding carboxylic acids is 1. The van der Waals surface area contributed by atoms with E-state index in [4.69, 9.17) is 0 Å². The molecule has 1 aliphatic heterocycles. The third-order valence-electron chi connectivity index (χ3n) is 3.32. The SMILES string of the molecule is COC(=O)c1csc(N2CCC(C(C)C)C2)n1. The molecule has 0 amide bonds. The maximum atomic E-state index is 11.3. The molecule has 0 radical (unpaired) electrons. The van der Waals surface area contributed by atoms with E-state index in [2.05, 4.69) is 28.5 Å². The van der Waals surface area contributed by atoms with Crippen LogP contribution in [0, 0.1) is 11.8 Å². The molecule has 0 bridgehead atoms. The average Bonchev–Trinajstić information content (AvgIpc) is 2.95. The van der Waals surface area contributed by atoms with Crippen LogP contribution in [0.15, 0.2) is 5.38 Å². The van der Waals surface area contributed by atoms with Crippen LogP contribution in [0.2, 0.25) is 0 Å². The highest BCUT2D eigenvalue weighted by Gasteiger charge is 2.27. The summed E-state index contributed by atoms with van der Waals surface area (Å²) in [4.78, 5) is 17.9. The zero-order valence-corrected chi connectivity index (χ0v) is 11.3. The third-order valence-corrected chi connectivity index (χ3v) is 4.23. The van der Waals surface area contributed by atoms with Crippen LogP contribution >= 0.6 is 11.3 Å². The molecule has 4 nitrogen and oxygen atoms in total. The van der Waals surface area contributed by atoms with Crippen molar-refractivity contribution in [1.29, 1.82) is 0 Å². The molecule has 1 aliphatic rings. The highest BCUT2D eigenvalue weighted by Crippen LogP contribution is 2.30. The number of nitrogens with zero attached hydrogens (tertiary/aromatic N) is 2. The lowest BCUT2D eigenvalue weighted by atomic mass is 9.95. The Hall–Kier alpha value is -1.10. The Balaban J connectivity index is 2.04. The van der Waals surface area contributed by atoms with E-state index in [0.29, 0.717) is 11.6 Å². The van der Waals surface area contributed by atoms with E-state index >= 15 is 0 Å². The quantitative estimate of drug-likeness (QED) is 0.777. The molecule has 0 spiro atoms. The zero-order valence-electron chi connectivity index (χ0n) is 10.5. The van der Waals surface area contributed by atoms with E-state index in [-0.39, 0.29) is 5.97 Å². The van der Waals surface area contributed by atoms with Crippen LogP contribution in [0.4, 0.5) is 5.13 Å². The monoisotopic (exact) mass is 254 g/mol. The molecule has 94 valence electrons. The fraction of sp³-hybridized carbons (Fsp3) is 0.667. The molecule has 17 heavy (non-hydrogen) atoms. The summed E-state index contributed by atoms with van der Waals surface area (Å²) < 4.78 is 4.66. The van der Waals surface area contributed by atoms with Gasteiger partial charge < -0.3 is 9.64 Å². The lowest BCUT2D eigenvalue weighted by Gasteiger charge is -2.16. The topological polar surface area (TPSA) is 42.4 Å². The van der Waals surface area contributed by atoms with Crippen LogP contribution in [0.3, 0.4) is 0 Å². The van der Waals surface area contributed by atoms with Crippen molar-refractivity contribution in [1.82, 2.24) is 4.98 Å². The van der Waals surface area contributed by atoms with Crippen LogP contribution in [-0.4, -0.2) is 31.2 Å². The highest BCUT2D eigenvalue weighted by molar-refractivity contribution is 7.13. The number of anilines is 1. The fourth-order valence-electron chi connectivity index (χ4n) is 2.11. The minimum absolute atomic E-state index is 0.355. The summed E-state index contributed by atoms with van der Waals surface area (Å²) in [6, 6.07) is 0. The van der Waals surface area contributed by atoms with Crippen molar-refractivity contribution in [3.05, 3.63) is 11.1 Å². The number of aromatic nitrogens is 1. The minimum atomic E-state index is -0.355. The number of hydrogen-bond acceptors (Lipinski definition) is 5. The van der Waals surface area contributed by atoms with E-state index in [1.54, 1.807) is 5.38 Å². The van der Waals surface area contributed by atoms with Gasteiger partial charge in [0.15, 0.2) is 10.8 Å². The maximum Gasteiger partial charge on any atom is 0.357 e. The van der Waals surface area contributed by atoms with Gasteiger partial charge in [0.1, 0.15) is 0 Å². The average molecular weight is 254 g/mol. The first-order chi connectivity index (χ1) is 8.11. The van der Waals surface area contributed by atoms with E-state index in [1.807, 2.05) is 0 Å². The van der Waals surface area contributed by atoms with Gasteiger partial charge in [-0.25, -0.2) is 9.78 Å². The lowest BCUT2D eigenvalue weighted by Crippen LogP contribution is -2.21. The van der Waals surface area contributed by atoms with Gasteiger partial charge >= 0.3 is 5.97 Å². The highest BCUT2D eigenvalue weighted by atomic mass is 32.1. The second-order valence-corrected chi connectivity index (χ2v) is 5.58. The Bertz CT molecular complexity index is 403. The maximum absolute atomic E-state index is 11.3. The van der Waals surface area contributed by atoms with Crippen molar-refractivity contribution in [3.8, 4) is 0 Å². The van der Waals surface area contributed by atoms with Crippen molar-refractivity contribution < 1.29 is 9.53 Å². The molecule has 0 saturated carbocycles. The Labute approximate surface area is 106 Å². The Morgan fingerprint density at radius 3 is 3.00 bits per heavy atom. The van der Waals surface area contributed by atoms with Crippen LogP contribution in [0.25, 0.3) is 0 Å². The summed E-state index contributed by atoms with van der Waals surface area (Å²) in [6.07, 6.45) is 1.21. The molecule has 1 unspecified atom stereocenters. The third kappa shape index (κ3) is 2.60. The predicted molar refractivity (Wildman–Crippen MR) is 68.6 cm³/mol. The number of carbonyl (C=O) groups is 1. The van der Waals surface area contributed by atoms with Crippen LogP contribution in [-0.2, 0) is 4.74 Å². The normalized spacial score (nSPS) is 20.0. The minimum Gasteiger partial charge on any atom is -0.464 e. The summed E-state index contributed by atoms with van der Waals surface area (Å²) in [5.74, 6) is 1.09. The van der Waals surface area contributed by atoms with Gasteiger partial charge in [0, 0.05) is 18.5 Å². The summed E-state index contributed by atoms with van der Waals surface area (Å²) in [7, 11) is 1.38. The Morgan fingerprint density at radius 1 is 1.65 bits per heavy atom. The summed E-state index contributed by atoms with van der Waals surface area (Å²) in [5, 5.41) is 2.71. The van der Waals surface area contributed by atoms with Gasteiger partial charge in [0.05, 0.1) is 7.11 Å². The van der Waals surface area contributed by atoms with Crippen molar-refractivity contribution in [2.45, 2.75) is 20.3 Å². The van der Waals surface area contributed by atoms with Gasteiger partial charge in [0.25, 0.3) is 0 Å². The van der Waals surface area contributed by atoms with Crippen LogP contribution in [0.1, 0.15) is 30.8 Å². The fourth-order valence-corrected chi connectivity index (χ4v) is 2.94. The first-order valence-corrected chi connectivity index (χ1v) is 6.78. The molecule has 1 aromatic heterocycles. The molecular formula is C12H18N2O2S. The zero-order chi connectivity index (χ0) is 12.4. The van der Waals surface area contributed by atoms with Gasteiger partial charge in [-0.3, -0.25) is 0 Å².